The summed E-state index contributed by atoms with van der Waals surface area (Å²) in [6.45, 7) is 7.56. The van der Waals surface area contributed by atoms with Gasteiger partial charge in [-0.05, 0) is 56.6 Å². The number of ether oxygens (including phenoxy) is 2. The number of aromatic nitrogens is 1. The van der Waals surface area contributed by atoms with Crippen molar-refractivity contribution in [1.82, 2.24) is 14.9 Å². The van der Waals surface area contributed by atoms with Gasteiger partial charge in [-0.1, -0.05) is 20.3 Å². The number of hydrazine groups is 1. The molecule has 1 aliphatic carbocycles. The highest BCUT2D eigenvalue weighted by Gasteiger charge is 2.33. The van der Waals surface area contributed by atoms with Gasteiger partial charge < -0.3 is 25.1 Å². The summed E-state index contributed by atoms with van der Waals surface area (Å²) in [5.41, 5.74) is 8.73. The van der Waals surface area contributed by atoms with Crippen LogP contribution in [0.25, 0.3) is 5.70 Å². The molecule has 1 aromatic rings. The first-order chi connectivity index (χ1) is 14.7. The highest BCUT2D eigenvalue weighted by atomic mass is 16.6. The molecular formula is C23H37N5O3. The van der Waals surface area contributed by atoms with Crippen LogP contribution in [0.3, 0.4) is 0 Å². The van der Waals surface area contributed by atoms with Crippen molar-refractivity contribution in [2.45, 2.75) is 65.4 Å². The molecule has 31 heavy (non-hydrogen) atoms. The second-order valence-corrected chi connectivity index (χ2v) is 9.52. The fourth-order valence-electron chi connectivity index (χ4n) is 4.19. The molecule has 0 bridgehead atoms. The van der Waals surface area contributed by atoms with Gasteiger partial charge in [0.15, 0.2) is 0 Å². The first kappa shape index (κ1) is 23.2. The fourth-order valence-corrected chi connectivity index (χ4v) is 4.19. The van der Waals surface area contributed by atoms with Crippen molar-refractivity contribution in [2.24, 2.45) is 17.0 Å². The minimum Gasteiger partial charge on any atom is -0.489 e. The molecule has 1 amide bonds. The van der Waals surface area contributed by atoms with Crippen molar-refractivity contribution in [3.8, 4) is 5.75 Å². The van der Waals surface area contributed by atoms with Crippen molar-refractivity contribution in [3.05, 3.63) is 29.2 Å². The van der Waals surface area contributed by atoms with Crippen LogP contribution < -0.4 is 16.3 Å². The Morgan fingerprint density at radius 3 is 2.58 bits per heavy atom. The topological polar surface area (TPSA) is 107 Å². The van der Waals surface area contributed by atoms with Crippen molar-refractivity contribution in [3.63, 3.8) is 0 Å². The lowest BCUT2D eigenvalue weighted by molar-refractivity contribution is 0.109. The van der Waals surface area contributed by atoms with E-state index in [9.17, 15) is 4.79 Å². The van der Waals surface area contributed by atoms with Gasteiger partial charge in [-0.15, -0.1) is 0 Å². The zero-order valence-corrected chi connectivity index (χ0v) is 19.3. The summed E-state index contributed by atoms with van der Waals surface area (Å²) in [6, 6.07) is 3.74. The molecule has 1 saturated heterocycles. The number of likely N-dealkylation sites (tertiary alicyclic amines) is 1. The molecule has 1 saturated carbocycles. The van der Waals surface area contributed by atoms with Gasteiger partial charge in [0.1, 0.15) is 12.4 Å². The van der Waals surface area contributed by atoms with E-state index in [0.717, 1.165) is 30.7 Å². The molecule has 0 unspecified atom stereocenters. The third kappa shape index (κ3) is 6.03. The second-order valence-electron chi connectivity index (χ2n) is 9.52. The molecule has 0 aromatic carbocycles. The van der Waals surface area contributed by atoms with Gasteiger partial charge in [0.25, 0.3) is 0 Å². The Morgan fingerprint density at radius 1 is 1.29 bits per heavy atom. The first-order valence-electron chi connectivity index (χ1n) is 11.2. The van der Waals surface area contributed by atoms with Gasteiger partial charge in [-0.25, -0.2) is 15.6 Å². The van der Waals surface area contributed by atoms with Crippen LogP contribution in [0.1, 0.15) is 63.8 Å². The predicted molar refractivity (Wildman–Crippen MR) is 121 cm³/mol. The molecule has 8 heteroatoms. The van der Waals surface area contributed by atoms with Crippen molar-refractivity contribution < 1.29 is 14.3 Å². The van der Waals surface area contributed by atoms with Crippen LogP contribution in [0.4, 0.5) is 4.79 Å². The maximum absolute atomic E-state index is 12.5. The summed E-state index contributed by atoms with van der Waals surface area (Å²) in [4.78, 5) is 18.8. The molecule has 2 aliphatic rings. The molecule has 172 valence electrons. The zero-order chi connectivity index (χ0) is 22.6. The van der Waals surface area contributed by atoms with Crippen LogP contribution in [0.5, 0.6) is 5.75 Å². The minimum atomic E-state index is -0.349. The number of carbonyl (C=O) groups is 1. The summed E-state index contributed by atoms with van der Waals surface area (Å²) < 4.78 is 11.7. The smallest absolute Gasteiger partial charge is 0.410 e. The van der Waals surface area contributed by atoms with Gasteiger partial charge in [0, 0.05) is 20.1 Å². The maximum atomic E-state index is 12.5. The Balaban J connectivity index is 1.68. The third-order valence-electron chi connectivity index (χ3n) is 6.16. The van der Waals surface area contributed by atoms with Gasteiger partial charge in [-0.3, -0.25) is 0 Å². The van der Waals surface area contributed by atoms with Crippen LogP contribution in [0, 0.1) is 12.3 Å². The number of aryl methyl sites for hydroxylation is 1. The molecule has 0 spiro atoms. The highest BCUT2D eigenvalue weighted by Crippen LogP contribution is 2.29. The van der Waals surface area contributed by atoms with Crippen LogP contribution in [0.2, 0.25) is 0 Å². The van der Waals surface area contributed by atoms with E-state index in [0.29, 0.717) is 30.2 Å². The molecule has 8 nitrogen and oxygen atoms in total. The van der Waals surface area contributed by atoms with Crippen molar-refractivity contribution in [1.29, 1.82) is 0 Å². The number of pyridine rings is 1. The lowest BCUT2D eigenvalue weighted by Gasteiger charge is -2.24. The lowest BCUT2D eigenvalue weighted by atomic mass is 9.93. The van der Waals surface area contributed by atoms with Crippen LogP contribution in [-0.4, -0.2) is 53.8 Å². The van der Waals surface area contributed by atoms with Crippen LogP contribution >= 0.6 is 0 Å². The number of amides is 1. The van der Waals surface area contributed by atoms with Gasteiger partial charge in [0.05, 0.1) is 28.9 Å². The Labute approximate surface area is 185 Å². The van der Waals surface area contributed by atoms with Crippen molar-refractivity contribution >= 4 is 11.8 Å². The van der Waals surface area contributed by atoms with E-state index in [2.05, 4.69) is 18.8 Å². The molecule has 4 N–H and O–H groups in total. The second kappa shape index (κ2) is 9.77. The predicted octanol–water partition coefficient (Wildman–Crippen LogP) is 3.40. The number of carbonyl (C=O) groups excluding carboxylic acids is 1. The molecule has 2 heterocycles. The standard InChI is InChI=1S/C23H37N5O3/c1-16-20(31-17-8-6-5-7-9-17)11-10-18(26-16)21(24)19(27(4)25)14-30-22(29)28-13-12-23(2,3)15-28/h10-11,17H,5-9,12-15,24-25H2,1-4H3/b21-19-. The molecular weight excluding hydrogens is 394 g/mol. The average molecular weight is 432 g/mol. The molecule has 1 aliphatic heterocycles. The number of nitrogens with two attached hydrogens (primary N) is 2. The Kier molecular flexibility index (Phi) is 7.30. The zero-order valence-electron chi connectivity index (χ0n) is 19.3. The number of likely N-dealkylation sites (N-methyl/N-ethyl adjacent to an activating group) is 1. The highest BCUT2D eigenvalue weighted by molar-refractivity contribution is 5.69. The SMILES string of the molecule is Cc1nc(/C(N)=C(\COC(=O)N2CCC(C)(C)C2)N(C)N)ccc1OC1CCCCC1. The van der Waals surface area contributed by atoms with Crippen molar-refractivity contribution in [2.75, 3.05) is 26.7 Å². The lowest BCUT2D eigenvalue weighted by Crippen LogP contribution is -2.35. The van der Waals surface area contributed by atoms with Gasteiger partial charge in [-0.2, -0.15) is 0 Å². The van der Waals surface area contributed by atoms with Crippen LogP contribution in [-0.2, 0) is 4.74 Å². The quantitative estimate of drug-likeness (QED) is 0.525. The van der Waals surface area contributed by atoms with E-state index < -0.39 is 0 Å². The summed E-state index contributed by atoms with van der Waals surface area (Å²) in [7, 11) is 1.67. The average Bonchev–Trinajstić information content (AvgIpc) is 3.09. The Morgan fingerprint density at radius 2 is 2.00 bits per heavy atom. The molecule has 0 radical (unpaired) electrons. The van der Waals surface area contributed by atoms with Gasteiger partial charge >= 0.3 is 6.09 Å². The van der Waals surface area contributed by atoms with Gasteiger partial charge in [0.2, 0.25) is 0 Å². The number of rotatable bonds is 6. The summed E-state index contributed by atoms with van der Waals surface area (Å²) in [5, 5.41) is 1.37. The van der Waals surface area contributed by atoms with E-state index in [1.807, 2.05) is 19.1 Å². The minimum absolute atomic E-state index is 0.0182. The third-order valence-corrected chi connectivity index (χ3v) is 6.16. The molecule has 0 atom stereocenters. The van der Waals surface area contributed by atoms with E-state index in [1.54, 1.807) is 11.9 Å². The number of hydrogen-bond donors (Lipinski definition) is 2. The molecule has 1 aromatic heterocycles. The number of hydrogen-bond acceptors (Lipinski definition) is 7. The first-order valence-corrected chi connectivity index (χ1v) is 11.2. The summed E-state index contributed by atoms with van der Waals surface area (Å²) in [6.07, 6.45) is 6.76. The van der Waals surface area contributed by atoms with E-state index in [4.69, 9.17) is 21.1 Å². The largest absolute Gasteiger partial charge is 0.489 e. The summed E-state index contributed by atoms with van der Waals surface area (Å²) in [5.74, 6) is 6.77. The van der Waals surface area contributed by atoms with E-state index >= 15 is 0 Å². The van der Waals surface area contributed by atoms with Crippen LogP contribution in [0.15, 0.2) is 17.8 Å². The fraction of sp³-hybridized carbons (Fsp3) is 0.652. The van der Waals surface area contributed by atoms with E-state index in [-0.39, 0.29) is 24.2 Å². The molecule has 3 rings (SSSR count). The summed E-state index contributed by atoms with van der Waals surface area (Å²) >= 11 is 0. The normalized spacial score (nSPS) is 19.7. The number of nitrogens with zero attached hydrogens (tertiary/aromatic N) is 3. The monoisotopic (exact) mass is 431 g/mol. The maximum Gasteiger partial charge on any atom is 0.410 e. The van der Waals surface area contributed by atoms with E-state index in [1.165, 1.54) is 24.3 Å². The molecule has 2 fully saturated rings. The Bertz CT molecular complexity index is 815. The Hall–Kier alpha value is -2.48.